The molecule has 4 N–H and O–H groups in total. The van der Waals surface area contributed by atoms with Crippen LogP contribution in [0.25, 0.3) is 0 Å². The number of nitrogens with two attached hydrogens (primary N) is 1. The highest BCUT2D eigenvalue weighted by Gasteiger charge is 2.26. The number of carboxylic acids is 1. The van der Waals surface area contributed by atoms with Crippen LogP contribution >= 0.6 is 0 Å². The van der Waals surface area contributed by atoms with Crippen LogP contribution in [0.4, 0.5) is 0 Å². The number of carboxylic acid groups (broad SMARTS) is 1. The molecule has 0 aromatic heterocycles. The van der Waals surface area contributed by atoms with Gasteiger partial charge in [0.25, 0.3) is 0 Å². The average Bonchev–Trinajstić information content (AvgIpc) is 1.98. The number of nitrogens with one attached hydrogen (secondary N) is 1. The van der Waals surface area contributed by atoms with E-state index >= 15 is 0 Å². The lowest BCUT2D eigenvalue weighted by Gasteiger charge is -2.12. The van der Waals surface area contributed by atoms with Gasteiger partial charge in [0.2, 0.25) is 11.8 Å². The molecule has 0 saturated carbocycles. The van der Waals surface area contributed by atoms with E-state index in [9.17, 15) is 22.8 Å². The molecule has 0 bridgehead atoms. The van der Waals surface area contributed by atoms with Gasteiger partial charge in [-0.3, -0.25) is 9.59 Å². The van der Waals surface area contributed by atoms with Crippen molar-refractivity contribution in [3.05, 3.63) is 0 Å². The largest absolute Gasteiger partial charge is 0.480 e. The molecule has 8 nitrogen and oxygen atoms in total. The lowest BCUT2D eigenvalue weighted by atomic mass is 10.3. The van der Waals surface area contributed by atoms with Crippen molar-refractivity contribution in [2.24, 2.45) is 5.73 Å². The molecule has 2 amide bonds. The Kier molecular flexibility index (Phi) is 4.89. The van der Waals surface area contributed by atoms with Crippen molar-refractivity contribution >= 4 is 27.6 Å². The fourth-order valence-corrected chi connectivity index (χ4v) is 2.23. The number of aliphatic carboxylic acids is 1. The number of rotatable bonds is 6. The van der Waals surface area contributed by atoms with Crippen LogP contribution in [0.2, 0.25) is 0 Å². The number of hydrogen-bond acceptors (Lipinski definition) is 5. The highest BCUT2D eigenvalue weighted by molar-refractivity contribution is 7.92. The van der Waals surface area contributed by atoms with Gasteiger partial charge in [0, 0.05) is 6.92 Å². The van der Waals surface area contributed by atoms with Crippen LogP contribution < -0.4 is 11.1 Å². The van der Waals surface area contributed by atoms with E-state index in [-0.39, 0.29) is 0 Å². The van der Waals surface area contributed by atoms with Crippen molar-refractivity contribution < 1.29 is 27.9 Å². The smallest absolute Gasteiger partial charge is 0.327 e. The number of carbonyl (C=O) groups excluding carboxylic acids is 2. The van der Waals surface area contributed by atoms with Gasteiger partial charge < -0.3 is 16.2 Å². The van der Waals surface area contributed by atoms with Gasteiger partial charge in [-0.25, -0.2) is 13.2 Å². The van der Waals surface area contributed by atoms with Crippen LogP contribution in [0.5, 0.6) is 0 Å². The Labute approximate surface area is 91.7 Å². The Morgan fingerprint density at radius 1 is 1.38 bits per heavy atom. The lowest BCUT2D eigenvalue weighted by molar-refractivity contribution is -0.140. The molecule has 9 heteroatoms. The van der Waals surface area contributed by atoms with Gasteiger partial charge in [-0.05, 0) is 0 Å². The molecule has 0 aliphatic rings. The minimum atomic E-state index is -3.94. The summed E-state index contributed by atoms with van der Waals surface area (Å²) in [5.41, 5.74) is 4.68. The van der Waals surface area contributed by atoms with Gasteiger partial charge in [0.1, 0.15) is 11.8 Å². The molecule has 0 aliphatic carbocycles. The summed E-state index contributed by atoms with van der Waals surface area (Å²) < 4.78 is 22.4. The molecule has 0 aromatic carbocycles. The molecule has 16 heavy (non-hydrogen) atoms. The predicted octanol–water partition coefficient (Wildman–Crippen LogP) is -2.52. The van der Waals surface area contributed by atoms with Crippen molar-refractivity contribution in [1.29, 1.82) is 0 Å². The molecule has 1 atom stereocenters. The molecule has 0 saturated heterocycles. The van der Waals surface area contributed by atoms with E-state index in [0.717, 1.165) is 6.92 Å². The summed E-state index contributed by atoms with van der Waals surface area (Å²) in [7, 11) is -3.94. The highest BCUT2D eigenvalue weighted by atomic mass is 32.2. The molecule has 0 aromatic rings. The van der Waals surface area contributed by atoms with E-state index in [4.69, 9.17) is 5.11 Å². The van der Waals surface area contributed by atoms with Gasteiger partial charge in [-0.1, -0.05) is 0 Å². The molecular weight excluding hydrogens is 240 g/mol. The Balaban J connectivity index is 4.69. The van der Waals surface area contributed by atoms with Crippen LogP contribution in [0.15, 0.2) is 0 Å². The topological polar surface area (TPSA) is 144 Å². The third-order valence-corrected chi connectivity index (χ3v) is 3.02. The maximum Gasteiger partial charge on any atom is 0.327 e. The summed E-state index contributed by atoms with van der Waals surface area (Å²) in [6, 6.07) is -1.58. The molecule has 0 spiro atoms. The maximum absolute atomic E-state index is 11.2. The molecule has 0 aliphatic heterocycles. The van der Waals surface area contributed by atoms with Crippen LogP contribution in [-0.4, -0.2) is 48.9 Å². The summed E-state index contributed by atoms with van der Waals surface area (Å²) in [6.45, 7) is 1.05. The van der Waals surface area contributed by atoms with E-state index in [2.05, 4.69) is 5.73 Å². The van der Waals surface area contributed by atoms with Crippen LogP contribution in [-0.2, 0) is 24.2 Å². The van der Waals surface area contributed by atoms with Crippen molar-refractivity contribution in [3.8, 4) is 0 Å². The second-order valence-electron chi connectivity index (χ2n) is 3.11. The van der Waals surface area contributed by atoms with E-state index in [0.29, 0.717) is 0 Å². The number of carbonyl (C=O) groups is 3. The molecular formula is C7H12N2O6S. The Morgan fingerprint density at radius 3 is 2.19 bits per heavy atom. The van der Waals surface area contributed by atoms with Crippen LogP contribution in [0.3, 0.4) is 0 Å². The van der Waals surface area contributed by atoms with Gasteiger partial charge in [0.15, 0.2) is 9.84 Å². The van der Waals surface area contributed by atoms with Gasteiger partial charge in [0.05, 0.1) is 5.75 Å². The minimum Gasteiger partial charge on any atom is -0.480 e. The van der Waals surface area contributed by atoms with E-state index in [1.165, 1.54) is 0 Å². The first kappa shape index (κ1) is 14.4. The van der Waals surface area contributed by atoms with Crippen molar-refractivity contribution in [3.63, 3.8) is 0 Å². The first-order chi connectivity index (χ1) is 7.14. The fourth-order valence-electron chi connectivity index (χ4n) is 0.950. The van der Waals surface area contributed by atoms with Crippen LogP contribution in [0.1, 0.15) is 6.92 Å². The summed E-state index contributed by atoms with van der Waals surface area (Å²) >= 11 is 0. The fraction of sp³-hybridized carbons (Fsp3) is 0.571. The summed E-state index contributed by atoms with van der Waals surface area (Å²) in [5.74, 6) is -5.07. The maximum atomic E-state index is 11.2. The third kappa shape index (κ3) is 5.96. The zero-order chi connectivity index (χ0) is 12.9. The van der Waals surface area contributed by atoms with E-state index in [1.807, 2.05) is 5.32 Å². The monoisotopic (exact) mass is 252 g/mol. The normalized spacial score (nSPS) is 12.8. The van der Waals surface area contributed by atoms with Crippen LogP contribution in [0, 0.1) is 0 Å². The van der Waals surface area contributed by atoms with Crippen molar-refractivity contribution in [2.75, 3.05) is 11.5 Å². The SMILES string of the molecule is CC(=O)NC(CS(=O)(=O)CC(N)=O)C(=O)O. The standard InChI is InChI=1S/C7H12N2O6S/c1-4(10)9-5(7(12)13)2-16(14,15)3-6(8)11/h5H,2-3H2,1H3,(H2,8,11)(H,9,10)(H,12,13). The molecule has 0 fully saturated rings. The second kappa shape index (κ2) is 5.45. The zero-order valence-electron chi connectivity index (χ0n) is 8.47. The summed E-state index contributed by atoms with van der Waals surface area (Å²) in [4.78, 5) is 31.6. The summed E-state index contributed by atoms with van der Waals surface area (Å²) in [5, 5.41) is 10.6. The summed E-state index contributed by atoms with van der Waals surface area (Å²) in [6.07, 6.45) is 0. The third-order valence-electron chi connectivity index (χ3n) is 1.46. The second-order valence-corrected chi connectivity index (χ2v) is 5.22. The van der Waals surface area contributed by atoms with Gasteiger partial charge >= 0.3 is 5.97 Å². The predicted molar refractivity (Wildman–Crippen MR) is 53.1 cm³/mol. The Hall–Kier alpha value is -1.64. The van der Waals surface area contributed by atoms with E-state index < -0.39 is 45.2 Å². The highest BCUT2D eigenvalue weighted by Crippen LogP contribution is 1.96. The van der Waals surface area contributed by atoms with Gasteiger partial charge in [-0.15, -0.1) is 0 Å². The molecule has 92 valence electrons. The first-order valence-corrected chi connectivity index (χ1v) is 5.95. The lowest BCUT2D eigenvalue weighted by Crippen LogP contribution is -2.45. The minimum absolute atomic E-state index is 0.679. The average molecular weight is 252 g/mol. The Morgan fingerprint density at radius 2 is 1.88 bits per heavy atom. The molecule has 0 rings (SSSR count). The molecule has 0 heterocycles. The first-order valence-electron chi connectivity index (χ1n) is 4.12. The number of sulfone groups is 1. The molecule has 0 radical (unpaired) electrons. The molecule has 1 unspecified atom stereocenters. The van der Waals surface area contributed by atoms with Crippen molar-refractivity contribution in [1.82, 2.24) is 5.32 Å². The zero-order valence-corrected chi connectivity index (χ0v) is 9.28. The van der Waals surface area contributed by atoms with Crippen molar-refractivity contribution in [2.45, 2.75) is 13.0 Å². The quantitative estimate of drug-likeness (QED) is 0.475. The number of hydrogen-bond donors (Lipinski definition) is 3. The van der Waals surface area contributed by atoms with Gasteiger partial charge in [-0.2, -0.15) is 0 Å². The van der Waals surface area contributed by atoms with E-state index in [1.54, 1.807) is 0 Å². The number of amides is 2. The number of primary amides is 1. The Bertz CT molecular complexity index is 401.